The molecular weight excluding hydrogens is 519 g/mol. The Morgan fingerprint density at radius 1 is 1.11 bits per heavy atom. The highest BCUT2D eigenvalue weighted by atomic mass is 32.2. The van der Waals surface area contributed by atoms with Crippen LogP contribution in [0.2, 0.25) is 0 Å². The maximum atomic E-state index is 13.8. The third-order valence-corrected chi connectivity index (χ3v) is 8.65. The van der Waals surface area contributed by atoms with Gasteiger partial charge in [0.2, 0.25) is 10.0 Å². The Morgan fingerprint density at radius 3 is 2.39 bits per heavy atom. The Labute approximate surface area is 219 Å². The van der Waals surface area contributed by atoms with Gasteiger partial charge in [0, 0.05) is 24.8 Å². The molecule has 4 rings (SSSR count). The molecule has 11 heteroatoms. The van der Waals surface area contributed by atoms with Crippen LogP contribution in [0.3, 0.4) is 0 Å². The number of nitriles is 1. The third-order valence-electron chi connectivity index (χ3n) is 6.69. The standard InChI is InChI=1S/C27H26F3N3O4S/c1-37-26(34)18-32-17-21(16-31)14-24(32)23-15-22(27(28,29)30)7-8-25(23)38(35,36)33-11-9-20(10-12-33)13-19-5-3-2-4-6-19/h2-8,14-15,17,20H,9-13,18H2,1H3. The van der Waals surface area contributed by atoms with E-state index in [1.54, 1.807) is 0 Å². The molecule has 1 saturated heterocycles. The van der Waals surface area contributed by atoms with Gasteiger partial charge in [-0.05, 0) is 55.0 Å². The van der Waals surface area contributed by atoms with Gasteiger partial charge in [-0.3, -0.25) is 4.79 Å². The zero-order chi connectivity index (χ0) is 27.5. The fraction of sp³-hybridized carbons (Fsp3) is 0.333. The molecule has 1 aromatic heterocycles. The summed E-state index contributed by atoms with van der Waals surface area (Å²) < 4.78 is 75.6. The minimum Gasteiger partial charge on any atom is -0.468 e. The number of aromatic nitrogens is 1. The molecule has 0 spiro atoms. The SMILES string of the molecule is COC(=O)Cn1cc(C#N)cc1-c1cc(C(F)(F)F)ccc1S(=O)(=O)N1CCC(Cc2ccccc2)CC1. The number of rotatable bonds is 7. The lowest BCUT2D eigenvalue weighted by atomic mass is 9.91. The van der Waals surface area contributed by atoms with Gasteiger partial charge in [0.25, 0.3) is 0 Å². The average molecular weight is 546 g/mol. The van der Waals surface area contributed by atoms with E-state index >= 15 is 0 Å². The first-order chi connectivity index (χ1) is 18.0. The molecule has 38 heavy (non-hydrogen) atoms. The van der Waals surface area contributed by atoms with E-state index in [2.05, 4.69) is 4.74 Å². The van der Waals surface area contributed by atoms with E-state index < -0.39 is 34.3 Å². The van der Waals surface area contributed by atoms with Crippen molar-refractivity contribution in [2.24, 2.45) is 5.92 Å². The van der Waals surface area contributed by atoms with E-state index in [0.29, 0.717) is 12.8 Å². The van der Waals surface area contributed by atoms with Crippen molar-refractivity contribution in [3.05, 3.63) is 77.5 Å². The van der Waals surface area contributed by atoms with Crippen LogP contribution in [-0.2, 0) is 38.7 Å². The fourth-order valence-electron chi connectivity index (χ4n) is 4.70. The summed E-state index contributed by atoms with van der Waals surface area (Å²) in [5, 5.41) is 9.38. The van der Waals surface area contributed by atoms with Crippen molar-refractivity contribution in [2.45, 2.75) is 36.9 Å². The van der Waals surface area contributed by atoms with Crippen molar-refractivity contribution in [2.75, 3.05) is 20.2 Å². The molecule has 0 saturated carbocycles. The molecule has 1 aliphatic heterocycles. The van der Waals surface area contributed by atoms with Gasteiger partial charge in [-0.1, -0.05) is 30.3 Å². The van der Waals surface area contributed by atoms with E-state index in [-0.39, 0.29) is 40.7 Å². The number of piperidine rings is 1. The number of alkyl halides is 3. The molecule has 0 radical (unpaired) electrons. The maximum Gasteiger partial charge on any atom is 0.416 e. The first-order valence-electron chi connectivity index (χ1n) is 12.0. The molecule has 2 aromatic carbocycles. The lowest BCUT2D eigenvalue weighted by molar-refractivity contribution is -0.141. The number of sulfonamides is 1. The van der Waals surface area contributed by atoms with Crippen molar-refractivity contribution in [3.8, 4) is 17.3 Å². The van der Waals surface area contributed by atoms with Crippen molar-refractivity contribution in [3.63, 3.8) is 0 Å². The van der Waals surface area contributed by atoms with Gasteiger partial charge < -0.3 is 9.30 Å². The van der Waals surface area contributed by atoms with Crippen LogP contribution >= 0.6 is 0 Å². The molecule has 200 valence electrons. The second-order valence-corrected chi connectivity index (χ2v) is 11.1. The van der Waals surface area contributed by atoms with Gasteiger partial charge in [-0.25, -0.2) is 8.42 Å². The number of carbonyl (C=O) groups excluding carboxylic acids is 1. The molecule has 1 aliphatic rings. The van der Waals surface area contributed by atoms with E-state index in [1.165, 1.54) is 26.7 Å². The van der Waals surface area contributed by atoms with Gasteiger partial charge in [0.15, 0.2) is 0 Å². The number of carbonyl (C=O) groups is 1. The van der Waals surface area contributed by atoms with E-state index in [0.717, 1.165) is 31.7 Å². The van der Waals surface area contributed by atoms with Crippen molar-refractivity contribution in [1.82, 2.24) is 8.87 Å². The van der Waals surface area contributed by atoms with Crippen LogP contribution in [0.15, 0.2) is 65.7 Å². The highest BCUT2D eigenvalue weighted by Crippen LogP contribution is 2.38. The zero-order valence-corrected chi connectivity index (χ0v) is 21.4. The first kappa shape index (κ1) is 27.4. The third kappa shape index (κ3) is 5.92. The highest BCUT2D eigenvalue weighted by Gasteiger charge is 2.36. The van der Waals surface area contributed by atoms with Crippen LogP contribution in [0.5, 0.6) is 0 Å². The van der Waals surface area contributed by atoms with Crippen molar-refractivity contribution in [1.29, 1.82) is 5.26 Å². The molecule has 0 N–H and O–H groups in total. The van der Waals surface area contributed by atoms with Crippen LogP contribution in [0.1, 0.15) is 29.5 Å². The normalized spacial score (nSPS) is 15.2. The number of halogens is 3. The molecule has 3 aromatic rings. The zero-order valence-electron chi connectivity index (χ0n) is 20.6. The van der Waals surface area contributed by atoms with E-state index in [1.807, 2.05) is 36.4 Å². The summed E-state index contributed by atoms with van der Waals surface area (Å²) in [7, 11) is -3.04. The van der Waals surface area contributed by atoms with Gasteiger partial charge in [-0.15, -0.1) is 0 Å². The Balaban J connectivity index is 1.70. The van der Waals surface area contributed by atoms with Crippen molar-refractivity contribution >= 4 is 16.0 Å². The van der Waals surface area contributed by atoms with Gasteiger partial charge in [0.1, 0.15) is 12.6 Å². The monoisotopic (exact) mass is 545 g/mol. The van der Waals surface area contributed by atoms with Gasteiger partial charge in [-0.2, -0.15) is 22.7 Å². The molecule has 7 nitrogen and oxygen atoms in total. The van der Waals surface area contributed by atoms with Crippen LogP contribution in [-0.4, -0.2) is 43.5 Å². The summed E-state index contributed by atoms with van der Waals surface area (Å²) >= 11 is 0. The fourth-order valence-corrected chi connectivity index (χ4v) is 6.36. The lowest BCUT2D eigenvalue weighted by Gasteiger charge is -2.32. The van der Waals surface area contributed by atoms with E-state index in [9.17, 15) is 31.6 Å². The molecule has 0 bridgehead atoms. The molecule has 0 atom stereocenters. The van der Waals surface area contributed by atoms with Gasteiger partial charge >= 0.3 is 12.1 Å². The molecule has 0 amide bonds. The summed E-state index contributed by atoms with van der Waals surface area (Å²) in [5.41, 5.74) is -0.0607. The average Bonchev–Trinajstić information content (AvgIpc) is 3.31. The molecule has 0 aliphatic carbocycles. The second kappa shape index (κ2) is 11.0. The molecule has 2 heterocycles. The van der Waals surface area contributed by atoms with Gasteiger partial charge in [0.05, 0.1) is 28.8 Å². The molecular formula is C27H26F3N3O4S. The van der Waals surface area contributed by atoms with Crippen LogP contribution in [0.4, 0.5) is 13.2 Å². The number of methoxy groups -OCH3 is 1. The maximum absolute atomic E-state index is 13.8. The topological polar surface area (TPSA) is 92.4 Å². The number of hydrogen-bond acceptors (Lipinski definition) is 5. The predicted molar refractivity (Wildman–Crippen MR) is 133 cm³/mol. The minimum absolute atomic E-state index is 0.00408. The van der Waals surface area contributed by atoms with Crippen LogP contribution in [0.25, 0.3) is 11.3 Å². The number of nitrogens with zero attached hydrogens (tertiary/aromatic N) is 3. The number of hydrogen-bond donors (Lipinski definition) is 0. The summed E-state index contributed by atoms with van der Waals surface area (Å²) in [6.45, 7) is 0.0496. The first-order valence-corrected chi connectivity index (χ1v) is 13.4. The predicted octanol–water partition coefficient (Wildman–Crippen LogP) is 4.86. The molecule has 0 unspecified atom stereocenters. The molecule has 1 fully saturated rings. The number of ether oxygens (including phenoxy) is 1. The summed E-state index contributed by atoms with van der Waals surface area (Å²) in [5.74, 6) is -0.422. The minimum atomic E-state index is -4.73. The summed E-state index contributed by atoms with van der Waals surface area (Å²) in [4.78, 5) is 11.6. The Hall–Kier alpha value is -3.62. The quantitative estimate of drug-likeness (QED) is 0.396. The smallest absolute Gasteiger partial charge is 0.416 e. The Bertz CT molecular complexity index is 1450. The van der Waals surface area contributed by atoms with Crippen LogP contribution in [0, 0.1) is 17.2 Å². The number of benzene rings is 2. The lowest BCUT2D eigenvalue weighted by Crippen LogP contribution is -2.39. The highest BCUT2D eigenvalue weighted by molar-refractivity contribution is 7.89. The van der Waals surface area contributed by atoms with Crippen molar-refractivity contribution < 1.29 is 31.1 Å². The number of esters is 1. The summed E-state index contributed by atoms with van der Waals surface area (Å²) in [6, 6.07) is 15.5. The largest absolute Gasteiger partial charge is 0.468 e. The Morgan fingerprint density at radius 2 is 1.79 bits per heavy atom. The second-order valence-electron chi connectivity index (χ2n) is 9.18. The Kier molecular flexibility index (Phi) is 7.94. The van der Waals surface area contributed by atoms with E-state index in [4.69, 9.17) is 0 Å². The van der Waals surface area contributed by atoms with Crippen LogP contribution < -0.4 is 0 Å². The summed E-state index contributed by atoms with van der Waals surface area (Å²) in [6.07, 6.45) is -1.41.